The number of esters is 1. The quantitative estimate of drug-likeness (QED) is 0.600. The maximum Gasteiger partial charge on any atom is 0.392 e. The van der Waals surface area contributed by atoms with Crippen LogP contribution in [0.2, 0.25) is 0 Å². The molecule has 1 rings (SSSR count). The largest absolute Gasteiger partial charge is 0.469 e. The van der Waals surface area contributed by atoms with E-state index in [4.69, 9.17) is 0 Å². The van der Waals surface area contributed by atoms with E-state index in [2.05, 4.69) is 4.74 Å². The molecule has 1 fully saturated rings. The van der Waals surface area contributed by atoms with Gasteiger partial charge in [-0.2, -0.15) is 13.2 Å². The zero-order chi connectivity index (χ0) is 10.1. The third-order valence-electron chi connectivity index (χ3n) is 2.44. The minimum absolute atomic E-state index is 0.0449. The van der Waals surface area contributed by atoms with Gasteiger partial charge in [0.05, 0.1) is 18.9 Å². The van der Waals surface area contributed by atoms with Gasteiger partial charge < -0.3 is 4.74 Å². The molecule has 0 saturated heterocycles. The first-order chi connectivity index (χ1) is 5.96. The summed E-state index contributed by atoms with van der Waals surface area (Å²) in [6.45, 7) is 0. The predicted octanol–water partition coefficient (Wildman–Crippen LogP) is 2.14. The Hall–Kier alpha value is -0.740. The molecule has 0 N–H and O–H groups in total. The molecule has 0 spiro atoms. The highest BCUT2D eigenvalue weighted by Gasteiger charge is 2.50. The van der Waals surface area contributed by atoms with Gasteiger partial charge in [0.1, 0.15) is 0 Å². The molecule has 76 valence electrons. The monoisotopic (exact) mass is 196 g/mol. The SMILES string of the molecule is COC(=O)C1CCCC1C(F)(F)F. The van der Waals surface area contributed by atoms with Gasteiger partial charge in [0.25, 0.3) is 0 Å². The lowest BCUT2D eigenvalue weighted by molar-refractivity contribution is -0.192. The average Bonchev–Trinajstić information content (AvgIpc) is 2.49. The van der Waals surface area contributed by atoms with Crippen molar-refractivity contribution in [1.82, 2.24) is 0 Å². The van der Waals surface area contributed by atoms with Crippen molar-refractivity contribution in [2.24, 2.45) is 11.8 Å². The first kappa shape index (κ1) is 10.3. The van der Waals surface area contributed by atoms with E-state index in [0.717, 1.165) is 7.11 Å². The van der Waals surface area contributed by atoms with Crippen molar-refractivity contribution in [3.05, 3.63) is 0 Å². The molecule has 0 aromatic heterocycles. The Morgan fingerprint density at radius 2 is 2.00 bits per heavy atom. The van der Waals surface area contributed by atoms with Crippen LogP contribution in [0.25, 0.3) is 0 Å². The van der Waals surface area contributed by atoms with Crippen LogP contribution in [-0.4, -0.2) is 19.3 Å². The predicted molar refractivity (Wildman–Crippen MR) is 38.9 cm³/mol. The summed E-state index contributed by atoms with van der Waals surface area (Å²) in [7, 11) is 1.12. The summed E-state index contributed by atoms with van der Waals surface area (Å²) in [5.41, 5.74) is 0. The lowest BCUT2D eigenvalue weighted by atomic mass is 9.96. The Kier molecular flexibility index (Phi) is 2.83. The van der Waals surface area contributed by atoms with Crippen molar-refractivity contribution in [3.63, 3.8) is 0 Å². The topological polar surface area (TPSA) is 26.3 Å². The number of hydrogen-bond donors (Lipinski definition) is 0. The van der Waals surface area contributed by atoms with E-state index in [0.29, 0.717) is 6.42 Å². The molecule has 0 aromatic rings. The molecule has 0 aliphatic heterocycles. The molecule has 1 saturated carbocycles. The fourth-order valence-electron chi connectivity index (χ4n) is 1.79. The van der Waals surface area contributed by atoms with E-state index < -0.39 is 24.0 Å². The number of carbonyl (C=O) groups is 1. The van der Waals surface area contributed by atoms with Crippen molar-refractivity contribution >= 4 is 5.97 Å². The number of carbonyl (C=O) groups excluding carboxylic acids is 1. The van der Waals surface area contributed by atoms with Crippen LogP contribution in [-0.2, 0) is 9.53 Å². The Morgan fingerprint density at radius 1 is 1.38 bits per heavy atom. The van der Waals surface area contributed by atoms with Crippen LogP contribution in [0.15, 0.2) is 0 Å². The molecule has 2 nitrogen and oxygen atoms in total. The van der Waals surface area contributed by atoms with Crippen LogP contribution in [0.5, 0.6) is 0 Å². The third-order valence-corrected chi connectivity index (χ3v) is 2.44. The zero-order valence-corrected chi connectivity index (χ0v) is 7.23. The Labute approximate surface area is 74.1 Å². The maximum absolute atomic E-state index is 12.3. The molecular formula is C8H11F3O2. The van der Waals surface area contributed by atoms with E-state index >= 15 is 0 Å². The van der Waals surface area contributed by atoms with Crippen LogP contribution < -0.4 is 0 Å². The van der Waals surface area contributed by atoms with Crippen molar-refractivity contribution in [1.29, 1.82) is 0 Å². The van der Waals surface area contributed by atoms with Crippen LogP contribution in [0.3, 0.4) is 0 Å². The van der Waals surface area contributed by atoms with Gasteiger partial charge in [0.15, 0.2) is 0 Å². The summed E-state index contributed by atoms with van der Waals surface area (Å²) in [5, 5.41) is 0. The molecule has 13 heavy (non-hydrogen) atoms. The van der Waals surface area contributed by atoms with Gasteiger partial charge >= 0.3 is 12.1 Å². The van der Waals surface area contributed by atoms with E-state index in [9.17, 15) is 18.0 Å². The number of ether oxygens (including phenoxy) is 1. The number of methoxy groups -OCH3 is 1. The lowest BCUT2D eigenvalue weighted by Gasteiger charge is -2.19. The van der Waals surface area contributed by atoms with Gasteiger partial charge in [-0.05, 0) is 12.8 Å². The number of alkyl halides is 3. The first-order valence-electron chi connectivity index (χ1n) is 4.11. The molecule has 0 aromatic carbocycles. The highest BCUT2D eigenvalue weighted by molar-refractivity contribution is 5.73. The zero-order valence-electron chi connectivity index (χ0n) is 7.23. The Bertz CT molecular complexity index is 200. The van der Waals surface area contributed by atoms with E-state index in [1.54, 1.807) is 0 Å². The fraction of sp³-hybridized carbons (Fsp3) is 0.875. The van der Waals surface area contributed by atoms with Gasteiger partial charge in [0, 0.05) is 0 Å². The summed E-state index contributed by atoms with van der Waals surface area (Å²) in [4.78, 5) is 10.9. The third kappa shape index (κ3) is 2.14. The van der Waals surface area contributed by atoms with E-state index in [1.807, 2.05) is 0 Å². The molecule has 5 heteroatoms. The molecule has 2 atom stereocenters. The Morgan fingerprint density at radius 3 is 2.46 bits per heavy atom. The van der Waals surface area contributed by atoms with Gasteiger partial charge in [0.2, 0.25) is 0 Å². The standard InChI is InChI=1S/C8H11F3O2/c1-13-7(12)5-3-2-4-6(5)8(9,10)11/h5-6H,2-4H2,1H3. The number of halogens is 3. The van der Waals surface area contributed by atoms with Crippen molar-refractivity contribution in [2.75, 3.05) is 7.11 Å². The summed E-state index contributed by atoms with van der Waals surface area (Å²) in [6.07, 6.45) is -3.49. The minimum atomic E-state index is -4.27. The van der Waals surface area contributed by atoms with Crippen LogP contribution in [0.1, 0.15) is 19.3 Å². The minimum Gasteiger partial charge on any atom is -0.469 e. The molecule has 2 unspecified atom stereocenters. The number of hydrogen-bond acceptors (Lipinski definition) is 2. The maximum atomic E-state index is 12.3. The smallest absolute Gasteiger partial charge is 0.392 e. The van der Waals surface area contributed by atoms with Crippen molar-refractivity contribution < 1.29 is 22.7 Å². The average molecular weight is 196 g/mol. The molecule has 0 bridgehead atoms. The van der Waals surface area contributed by atoms with Gasteiger partial charge in [-0.25, -0.2) is 0 Å². The van der Waals surface area contributed by atoms with Crippen LogP contribution >= 0.6 is 0 Å². The fourth-order valence-corrected chi connectivity index (χ4v) is 1.79. The van der Waals surface area contributed by atoms with Crippen molar-refractivity contribution in [2.45, 2.75) is 25.4 Å². The summed E-state index contributed by atoms with van der Waals surface area (Å²) < 4.78 is 41.2. The molecule has 1 aliphatic rings. The summed E-state index contributed by atoms with van der Waals surface area (Å²) in [5.74, 6) is -3.22. The molecule has 0 radical (unpaired) electrons. The van der Waals surface area contributed by atoms with Crippen LogP contribution in [0, 0.1) is 11.8 Å². The number of rotatable bonds is 1. The van der Waals surface area contributed by atoms with Gasteiger partial charge in [-0.15, -0.1) is 0 Å². The van der Waals surface area contributed by atoms with Crippen LogP contribution in [0.4, 0.5) is 13.2 Å². The second-order valence-electron chi connectivity index (χ2n) is 3.21. The first-order valence-corrected chi connectivity index (χ1v) is 4.11. The van der Waals surface area contributed by atoms with E-state index in [1.165, 1.54) is 0 Å². The van der Waals surface area contributed by atoms with Crippen molar-refractivity contribution in [3.8, 4) is 0 Å². The molecule has 1 aliphatic carbocycles. The second-order valence-corrected chi connectivity index (χ2v) is 3.21. The molecule has 0 amide bonds. The lowest BCUT2D eigenvalue weighted by Crippen LogP contribution is -2.31. The highest BCUT2D eigenvalue weighted by atomic mass is 19.4. The van der Waals surface area contributed by atoms with Gasteiger partial charge in [-0.1, -0.05) is 6.42 Å². The summed E-state index contributed by atoms with van der Waals surface area (Å²) >= 11 is 0. The van der Waals surface area contributed by atoms with E-state index in [-0.39, 0.29) is 12.8 Å². The highest BCUT2D eigenvalue weighted by Crippen LogP contribution is 2.43. The molecule has 0 heterocycles. The van der Waals surface area contributed by atoms with Gasteiger partial charge in [-0.3, -0.25) is 4.79 Å². The Balaban J connectivity index is 2.70. The normalized spacial score (nSPS) is 28.9. The second kappa shape index (κ2) is 3.55. The molecular weight excluding hydrogens is 185 g/mol. The summed E-state index contributed by atoms with van der Waals surface area (Å²) in [6, 6.07) is 0.